The molecule has 0 fully saturated rings. The number of benzene rings is 3. The molecule has 0 aliphatic heterocycles. The molecule has 3 aromatic carbocycles. The lowest BCUT2D eigenvalue weighted by atomic mass is 10.1. The Hall–Kier alpha value is -1.07. The fourth-order valence-corrected chi connectivity index (χ4v) is 3.29. The molecule has 0 heterocycles. The van der Waals surface area contributed by atoms with Gasteiger partial charge in [-0.25, -0.2) is 0 Å². The second kappa shape index (κ2) is 6.36. The molecule has 0 amide bonds. The summed E-state index contributed by atoms with van der Waals surface area (Å²) in [6.45, 7) is 2.19. The molecule has 1 nitrogen and oxygen atoms in total. The van der Waals surface area contributed by atoms with E-state index in [4.69, 9.17) is 0 Å². The maximum Gasteiger partial charge on any atom is 0.0485 e. The highest BCUT2D eigenvalue weighted by Crippen LogP contribution is 2.32. The van der Waals surface area contributed by atoms with E-state index >= 15 is 0 Å². The van der Waals surface area contributed by atoms with Crippen molar-refractivity contribution >= 4 is 55.0 Å². The minimum absolute atomic E-state index is 0.270. The Balaban J connectivity index is 1.95. The fourth-order valence-electron chi connectivity index (χ4n) is 2.46. The van der Waals surface area contributed by atoms with E-state index in [-0.39, 0.29) is 6.04 Å². The zero-order valence-electron chi connectivity index (χ0n) is 11.6. The third-order valence-electron chi connectivity index (χ3n) is 3.61. The van der Waals surface area contributed by atoms with Crippen LogP contribution in [0.15, 0.2) is 65.1 Å². The van der Waals surface area contributed by atoms with Gasteiger partial charge >= 0.3 is 0 Å². The first kappa shape index (κ1) is 14.9. The molecular weight excluding hydrogens is 437 g/mol. The van der Waals surface area contributed by atoms with Crippen molar-refractivity contribution in [1.29, 1.82) is 0 Å². The molecule has 1 unspecified atom stereocenters. The molecule has 0 spiro atoms. The van der Waals surface area contributed by atoms with E-state index in [0.29, 0.717) is 0 Å². The van der Waals surface area contributed by atoms with Gasteiger partial charge in [-0.2, -0.15) is 0 Å². The molecule has 1 N–H and O–H groups in total. The van der Waals surface area contributed by atoms with Crippen LogP contribution < -0.4 is 5.32 Å². The highest BCUT2D eigenvalue weighted by molar-refractivity contribution is 14.1. The van der Waals surface area contributed by atoms with Crippen LogP contribution in [0.5, 0.6) is 0 Å². The van der Waals surface area contributed by atoms with Crippen LogP contribution >= 0.6 is 38.5 Å². The topological polar surface area (TPSA) is 12.0 Å². The standard InChI is InChI=1S/C18H15BrIN/c1-12(13-6-8-14(20)9-7-13)21-18-11-10-17(19)15-4-2-3-5-16(15)18/h2-12,21H,1H3. The van der Waals surface area contributed by atoms with Crippen LogP contribution in [0.3, 0.4) is 0 Å². The second-order valence-corrected chi connectivity index (χ2v) is 7.16. The summed E-state index contributed by atoms with van der Waals surface area (Å²) in [5.41, 5.74) is 2.46. The Morgan fingerprint density at radius 1 is 0.905 bits per heavy atom. The normalized spacial score (nSPS) is 12.3. The molecule has 0 saturated carbocycles. The van der Waals surface area contributed by atoms with Crippen LogP contribution in [-0.2, 0) is 0 Å². The van der Waals surface area contributed by atoms with Gasteiger partial charge in [0.15, 0.2) is 0 Å². The van der Waals surface area contributed by atoms with E-state index in [1.54, 1.807) is 0 Å². The first-order chi connectivity index (χ1) is 10.1. The highest BCUT2D eigenvalue weighted by atomic mass is 127. The monoisotopic (exact) mass is 451 g/mol. The van der Waals surface area contributed by atoms with Crippen molar-refractivity contribution in [3.8, 4) is 0 Å². The van der Waals surface area contributed by atoms with Gasteiger partial charge in [-0.05, 0) is 64.7 Å². The van der Waals surface area contributed by atoms with Crippen molar-refractivity contribution in [2.45, 2.75) is 13.0 Å². The van der Waals surface area contributed by atoms with E-state index in [1.165, 1.54) is 25.6 Å². The van der Waals surface area contributed by atoms with Gasteiger partial charge in [-0.15, -0.1) is 0 Å². The number of hydrogen-bond donors (Lipinski definition) is 1. The average molecular weight is 452 g/mol. The SMILES string of the molecule is CC(Nc1ccc(Br)c2ccccc12)c1ccc(I)cc1. The van der Waals surface area contributed by atoms with Crippen molar-refractivity contribution in [1.82, 2.24) is 0 Å². The smallest absolute Gasteiger partial charge is 0.0485 e. The zero-order valence-corrected chi connectivity index (χ0v) is 15.4. The molecule has 106 valence electrons. The molecule has 0 aliphatic carbocycles. The predicted octanol–water partition coefficient (Wildman–Crippen LogP) is 6.38. The molecular formula is C18H15BrIN. The molecule has 3 rings (SSSR count). The van der Waals surface area contributed by atoms with E-state index in [2.05, 4.69) is 111 Å². The van der Waals surface area contributed by atoms with Gasteiger partial charge < -0.3 is 5.32 Å². The highest BCUT2D eigenvalue weighted by Gasteiger charge is 2.08. The number of anilines is 1. The van der Waals surface area contributed by atoms with Crippen LogP contribution in [0.4, 0.5) is 5.69 Å². The van der Waals surface area contributed by atoms with E-state index in [9.17, 15) is 0 Å². The average Bonchev–Trinajstić information content (AvgIpc) is 2.51. The minimum Gasteiger partial charge on any atom is -0.378 e. The number of hydrogen-bond acceptors (Lipinski definition) is 1. The third-order valence-corrected chi connectivity index (χ3v) is 5.02. The molecule has 1 atom stereocenters. The van der Waals surface area contributed by atoms with Crippen molar-refractivity contribution in [3.05, 3.63) is 74.3 Å². The Morgan fingerprint density at radius 3 is 2.29 bits per heavy atom. The Morgan fingerprint density at radius 2 is 1.57 bits per heavy atom. The first-order valence-corrected chi connectivity index (χ1v) is 8.71. The Bertz CT molecular complexity index is 768. The van der Waals surface area contributed by atoms with Gasteiger partial charge in [0, 0.05) is 25.2 Å². The summed E-state index contributed by atoms with van der Waals surface area (Å²) in [4.78, 5) is 0. The quantitative estimate of drug-likeness (QED) is 0.455. The second-order valence-electron chi connectivity index (χ2n) is 5.06. The Labute approximate surface area is 147 Å². The zero-order chi connectivity index (χ0) is 14.8. The molecule has 3 aromatic rings. The molecule has 0 aliphatic rings. The van der Waals surface area contributed by atoms with Crippen LogP contribution in [-0.4, -0.2) is 0 Å². The number of rotatable bonds is 3. The van der Waals surface area contributed by atoms with E-state index in [1.807, 2.05) is 0 Å². The number of nitrogens with one attached hydrogen (secondary N) is 1. The summed E-state index contributed by atoms with van der Waals surface area (Å²) in [7, 11) is 0. The lowest BCUT2D eigenvalue weighted by Crippen LogP contribution is -2.06. The number of halogens is 2. The summed E-state index contributed by atoms with van der Waals surface area (Å²) in [6, 6.07) is 21.6. The lowest BCUT2D eigenvalue weighted by molar-refractivity contribution is 0.886. The molecule has 0 bridgehead atoms. The van der Waals surface area contributed by atoms with Crippen LogP contribution in [0.2, 0.25) is 0 Å². The summed E-state index contributed by atoms with van der Waals surface area (Å²) < 4.78 is 2.39. The van der Waals surface area contributed by atoms with Gasteiger partial charge in [0.25, 0.3) is 0 Å². The third kappa shape index (κ3) is 3.24. The fraction of sp³-hybridized carbons (Fsp3) is 0.111. The predicted molar refractivity (Wildman–Crippen MR) is 103 cm³/mol. The van der Waals surface area contributed by atoms with Gasteiger partial charge in [0.2, 0.25) is 0 Å². The molecule has 21 heavy (non-hydrogen) atoms. The molecule has 0 aromatic heterocycles. The summed E-state index contributed by atoms with van der Waals surface area (Å²) in [5.74, 6) is 0. The van der Waals surface area contributed by atoms with Crippen LogP contribution in [0, 0.1) is 3.57 Å². The van der Waals surface area contributed by atoms with Gasteiger partial charge in [0.05, 0.1) is 0 Å². The van der Waals surface area contributed by atoms with Crippen molar-refractivity contribution in [2.75, 3.05) is 5.32 Å². The maximum atomic E-state index is 3.62. The van der Waals surface area contributed by atoms with Crippen LogP contribution in [0.25, 0.3) is 10.8 Å². The summed E-state index contributed by atoms with van der Waals surface area (Å²) in [6.07, 6.45) is 0. The number of fused-ring (bicyclic) bond motifs is 1. The summed E-state index contributed by atoms with van der Waals surface area (Å²) in [5, 5.41) is 6.10. The van der Waals surface area contributed by atoms with E-state index in [0.717, 1.165) is 4.47 Å². The van der Waals surface area contributed by atoms with Crippen molar-refractivity contribution < 1.29 is 0 Å². The van der Waals surface area contributed by atoms with Gasteiger partial charge in [-0.1, -0.05) is 52.3 Å². The maximum absolute atomic E-state index is 3.62. The summed E-state index contributed by atoms with van der Waals surface area (Å²) >= 11 is 5.95. The van der Waals surface area contributed by atoms with Gasteiger partial charge in [-0.3, -0.25) is 0 Å². The molecule has 3 heteroatoms. The van der Waals surface area contributed by atoms with Crippen molar-refractivity contribution in [2.24, 2.45) is 0 Å². The largest absolute Gasteiger partial charge is 0.378 e. The van der Waals surface area contributed by atoms with Crippen molar-refractivity contribution in [3.63, 3.8) is 0 Å². The first-order valence-electron chi connectivity index (χ1n) is 6.84. The Kier molecular flexibility index (Phi) is 4.50. The minimum atomic E-state index is 0.270. The molecule has 0 saturated heterocycles. The van der Waals surface area contributed by atoms with E-state index < -0.39 is 0 Å². The van der Waals surface area contributed by atoms with Crippen LogP contribution in [0.1, 0.15) is 18.5 Å². The van der Waals surface area contributed by atoms with Gasteiger partial charge in [0.1, 0.15) is 0 Å². The molecule has 0 radical (unpaired) electrons. The lowest BCUT2D eigenvalue weighted by Gasteiger charge is -2.18.